The Morgan fingerprint density at radius 2 is 0.761 bits per heavy atom. The molecule has 14 rings (SSSR count). The molecule has 0 unspecified atom stereocenters. The van der Waals surface area contributed by atoms with E-state index in [1.807, 2.05) is 0 Å². The van der Waals surface area contributed by atoms with Crippen molar-refractivity contribution in [3.63, 3.8) is 0 Å². The molecule has 14 aromatic rings. The summed E-state index contributed by atoms with van der Waals surface area (Å²) in [6, 6.07) is 85.0. The number of hydrogen-bond acceptors (Lipinski definition) is 2. The average molecular weight is 854 g/mol. The summed E-state index contributed by atoms with van der Waals surface area (Å²) in [5.41, 5.74) is 16.0. The summed E-state index contributed by atoms with van der Waals surface area (Å²) in [5, 5.41) is 8.18. The lowest BCUT2D eigenvalue weighted by Crippen LogP contribution is -2.00. The van der Waals surface area contributed by atoms with Crippen LogP contribution in [0.2, 0.25) is 0 Å². The molecule has 67 heavy (non-hydrogen) atoms. The topological polar surface area (TPSA) is 40.6 Å². The van der Waals surface area contributed by atoms with Gasteiger partial charge in [0.2, 0.25) is 0 Å². The van der Waals surface area contributed by atoms with Gasteiger partial charge in [-0.3, -0.25) is 4.57 Å². The number of hydrogen-bond donors (Lipinski definition) is 0. The maximum Gasteiger partial charge on any atom is 0.145 e. The number of aromatic nitrogens is 5. The monoisotopic (exact) mass is 853 g/mol. The summed E-state index contributed by atoms with van der Waals surface area (Å²) in [6.07, 6.45) is 0. The Morgan fingerprint density at radius 1 is 0.269 bits per heavy atom. The lowest BCUT2D eigenvalue weighted by Gasteiger charge is -2.16. The molecule has 0 atom stereocenters. The first kappa shape index (κ1) is 37.3. The van der Waals surface area contributed by atoms with Gasteiger partial charge in [-0.1, -0.05) is 164 Å². The van der Waals surface area contributed by atoms with E-state index < -0.39 is 0 Å². The standard InChI is InChI=1S/C62H39N5/c1-3-18-40(19-4-1)62-64-61-58(67(62)44-22-5-2-6-23-44)35-34-52-47-24-7-12-29-53(47)63-60(59(52)61)42-21-17-20-41(36-42)43-37-45(65-54-30-13-8-25-48(54)49-26-9-14-31-55(49)65)39-46(38-43)66-56-32-15-10-27-50(56)51-28-11-16-33-57(51)66/h1-39H. The minimum absolute atomic E-state index is 0.890. The highest BCUT2D eigenvalue weighted by Crippen LogP contribution is 2.42. The Morgan fingerprint density at radius 3 is 1.36 bits per heavy atom. The van der Waals surface area contributed by atoms with Crippen molar-refractivity contribution in [1.82, 2.24) is 23.7 Å². The SMILES string of the molecule is c1ccc(-c2nc3c4c(-c5cccc(-c6cc(-n7c8ccccc8c8ccccc87)cc(-n7c8ccccc8c8ccccc87)c6)c5)nc5ccccc5c4ccc3n2-c2ccccc2)cc1. The average Bonchev–Trinajstić information content (AvgIpc) is 4.07. The summed E-state index contributed by atoms with van der Waals surface area (Å²) in [4.78, 5) is 11.1. The van der Waals surface area contributed by atoms with Gasteiger partial charge in [0.05, 0.1) is 44.3 Å². The molecule has 312 valence electrons. The van der Waals surface area contributed by atoms with Crippen LogP contribution in [0.15, 0.2) is 237 Å². The molecule has 0 saturated heterocycles. The van der Waals surface area contributed by atoms with Gasteiger partial charge in [0.25, 0.3) is 0 Å². The van der Waals surface area contributed by atoms with Gasteiger partial charge in [-0.25, -0.2) is 9.97 Å². The van der Waals surface area contributed by atoms with Gasteiger partial charge in [0.15, 0.2) is 0 Å². The summed E-state index contributed by atoms with van der Waals surface area (Å²) >= 11 is 0. The van der Waals surface area contributed by atoms with Gasteiger partial charge in [0, 0.05) is 60.5 Å². The molecule has 0 N–H and O–H groups in total. The molecule has 0 bridgehead atoms. The molecule has 0 aliphatic heterocycles. The fourth-order valence-corrected chi connectivity index (χ4v) is 10.7. The van der Waals surface area contributed by atoms with E-state index in [1.165, 1.54) is 43.6 Å². The zero-order valence-corrected chi connectivity index (χ0v) is 36.3. The highest BCUT2D eigenvalue weighted by atomic mass is 15.1. The lowest BCUT2D eigenvalue weighted by atomic mass is 9.96. The fraction of sp³-hybridized carbons (Fsp3) is 0. The predicted octanol–water partition coefficient (Wildman–Crippen LogP) is 15.9. The molecule has 4 aromatic heterocycles. The molecule has 0 aliphatic rings. The van der Waals surface area contributed by atoms with E-state index in [1.54, 1.807) is 0 Å². The normalized spacial score (nSPS) is 11.9. The number of nitrogens with zero attached hydrogens (tertiary/aromatic N) is 5. The van der Waals surface area contributed by atoms with Crippen molar-refractivity contribution in [3.05, 3.63) is 237 Å². The van der Waals surface area contributed by atoms with Crippen molar-refractivity contribution < 1.29 is 0 Å². The Kier molecular flexibility index (Phi) is 8.21. The molecule has 0 saturated carbocycles. The van der Waals surface area contributed by atoms with Crippen LogP contribution < -0.4 is 0 Å². The predicted molar refractivity (Wildman–Crippen MR) is 279 cm³/mol. The molecule has 5 nitrogen and oxygen atoms in total. The van der Waals surface area contributed by atoms with Crippen LogP contribution in [-0.4, -0.2) is 23.7 Å². The van der Waals surface area contributed by atoms with Gasteiger partial charge in [-0.05, 0) is 89.3 Å². The first-order valence-electron chi connectivity index (χ1n) is 22.8. The van der Waals surface area contributed by atoms with Gasteiger partial charge < -0.3 is 9.13 Å². The summed E-state index contributed by atoms with van der Waals surface area (Å²) in [5.74, 6) is 0.890. The maximum atomic E-state index is 5.56. The minimum atomic E-state index is 0.890. The van der Waals surface area contributed by atoms with Crippen LogP contribution in [0.5, 0.6) is 0 Å². The molecule has 5 heteroatoms. The third-order valence-corrected chi connectivity index (χ3v) is 13.6. The third-order valence-electron chi connectivity index (χ3n) is 13.6. The van der Waals surface area contributed by atoms with Crippen LogP contribution in [0.25, 0.3) is 127 Å². The van der Waals surface area contributed by atoms with Gasteiger partial charge in [0.1, 0.15) is 5.82 Å². The summed E-state index contributed by atoms with van der Waals surface area (Å²) in [6.45, 7) is 0. The molecule has 10 aromatic carbocycles. The molecule has 0 aliphatic carbocycles. The number of fused-ring (bicyclic) bond motifs is 11. The molecule has 0 radical (unpaired) electrons. The molecule has 0 fully saturated rings. The Balaban J connectivity index is 1.05. The highest BCUT2D eigenvalue weighted by molar-refractivity contribution is 6.20. The first-order chi connectivity index (χ1) is 33.2. The quantitative estimate of drug-likeness (QED) is 0.156. The van der Waals surface area contributed by atoms with Crippen LogP contribution in [0.4, 0.5) is 0 Å². The van der Waals surface area contributed by atoms with Gasteiger partial charge in [-0.2, -0.15) is 0 Å². The highest BCUT2D eigenvalue weighted by Gasteiger charge is 2.22. The number of para-hydroxylation sites is 6. The smallest absolute Gasteiger partial charge is 0.145 e. The second kappa shape index (κ2) is 14.7. The second-order valence-corrected chi connectivity index (χ2v) is 17.4. The zero-order valence-electron chi connectivity index (χ0n) is 36.3. The van der Waals surface area contributed by atoms with E-state index in [9.17, 15) is 0 Å². The number of benzene rings is 10. The van der Waals surface area contributed by atoms with E-state index in [4.69, 9.17) is 9.97 Å². The Hall–Kier alpha value is -9.06. The van der Waals surface area contributed by atoms with E-state index >= 15 is 0 Å². The molecule has 4 heterocycles. The van der Waals surface area contributed by atoms with Crippen molar-refractivity contribution >= 4 is 76.3 Å². The minimum Gasteiger partial charge on any atom is -0.309 e. The summed E-state index contributed by atoms with van der Waals surface area (Å²) in [7, 11) is 0. The van der Waals surface area contributed by atoms with Crippen molar-refractivity contribution in [2.24, 2.45) is 0 Å². The fourth-order valence-electron chi connectivity index (χ4n) is 10.7. The van der Waals surface area contributed by atoms with Crippen LogP contribution in [-0.2, 0) is 0 Å². The van der Waals surface area contributed by atoms with E-state index in [0.717, 1.165) is 83.5 Å². The van der Waals surface area contributed by atoms with E-state index in [0.29, 0.717) is 0 Å². The van der Waals surface area contributed by atoms with Gasteiger partial charge >= 0.3 is 0 Å². The van der Waals surface area contributed by atoms with Crippen LogP contribution in [0.1, 0.15) is 0 Å². The number of imidazole rings is 1. The van der Waals surface area contributed by atoms with Crippen LogP contribution in [0, 0.1) is 0 Å². The summed E-state index contributed by atoms with van der Waals surface area (Å²) < 4.78 is 7.14. The second-order valence-electron chi connectivity index (χ2n) is 17.4. The molecular formula is C62H39N5. The van der Waals surface area contributed by atoms with Crippen LogP contribution >= 0.6 is 0 Å². The lowest BCUT2D eigenvalue weighted by molar-refractivity contribution is 1.10. The zero-order chi connectivity index (χ0) is 44.0. The Labute approximate surface area is 385 Å². The number of rotatable bonds is 6. The van der Waals surface area contributed by atoms with Crippen molar-refractivity contribution in [2.45, 2.75) is 0 Å². The molecule has 0 spiro atoms. The Bertz CT molecular complexity index is 4030. The van der Waals surface area contributed by atoms with E-state index in [2.05, 4.69) is 250 Å². The number of pyridine rings is 1. The molecular weight excluding hydrogens is 815 g/mol. The van der Waals surface area contributed by atoms with Gasteiger partial charge in [-0.15, -0.1) is 0 Å². The van der Waals surface area contributed by atoms with Crippen molar-refractivity contribution in [1.29, 1.82) is 0 Å². The van der Waals surface area contributed by atoms with Crippen LogP contribution in [0.3, 0.4) is 0 Å². The van der Waals surface area contributed by atoms with Crippen molar-refractivity contribution in [2.75, 3.05) is 0 Å². The largest absolute Gasteiger partial charge is 0.309 e. The molecule has 0 amide bonds. The third kappa shape index (κ3) is 5.75. The van der Waals surface area contributed by atoms with Crippen molar-refractivity contribution in [3.8, 4) is 50.8 Å². The maximum absolute atomic E-state index is 5.56. The first-order valence-corrected chi connectivity index (χ1v) is 22.8. The van der Waals surface area contributed by atoms with E-state index in [-0.39, 0.29) is 0 Å².